The van der Waals surface area contributed by atoms with E-state index in [1.807, 2.05) is 40.7 Å². The lowest BCUT2D eigenvalue weighted by Gasteiger charge is -2.34. The van der Waals surface area contributed by atoms with Gasteiger partial charge < -0.3 is 20.3 Å². The van der Waals surface area contributed by atoms with Crippen LogP contribution in [0, 0.1) is 6.92 Å². The lowest BCUT2D eigenvalue weighted by Crippen LogP contribution is -2.49. The van der Waals surface area contributed by atoms with Crippen LogP contribution in [-0.2, 0) is 9.53 Å². The van der Waals surface area contributed by atoms with Crippen LogP contribution in [-0.4, -0.2) is 54.7 Å². The number of aryl methyl sites for hydroxylation is 1. The largest absolute Gasteiger partial charge is 0.459 e. The van der Waals surface area contributed by atoms with Gasteiger partial charge in [-0.15, -0.1) is 24.0 Å². The fourth-order valence-electron chi connectivity index (χ4n) is 2.99. The molecule has 1 fully saturated rings. The normalized spacial score (nSPS) is 15.6. The molecule has 158 valence electrons. The third-order valence-electron chi connectivity index (χ3n) is 4.16. The molecule has 2 rings (SSSR count). The number of carbonyl (C=O) groups is 1. The number of hydrogen-bond donors (Lipinski definition) is 2. The van der Waals surface area contributed by atoms with Crippen LogP contribution in [0.25, 0.3) is 0 Å². The first-order valence-corrected chi connectivity index (χ1v) is 9.72. The lowest BCUT2D eigenvalue weighted by atomic mass is 10.1. The number of nitrogens with zero attached hydrogens (tertiary/aromatic N) is 3. The Labute approximate surface area is 185 Å². The molecule has 0 amide bonds. The number of piperidine rings is 1. The number of anilines is 1. The van der Waals surface area contributed by atoms with Gasteiger partial charge in [-0.3, -0.25) is 4.79 Å². The molecule has 1 aliphatic heterocycles. The van der Waals surface area contributed by atoms with E-state index in [0.717, 1.165) is 44.0 Å². The summed E-state index contributed by atoms with van der Waals surface area (Å²) in [6.07, 6.45) is 1.99. The number of esters is 1. The van der Waals surface area contributed by atoms with Crippen LogP contribution in [0.5, 0.6) is 0 Å². The number of halogens is 1. The van der Waals surface area contributed by atoms with Gasteiger partial charge in [0.25, 0.3) is 0 Å². The molecule has 8 heteroatoms. The maximum Gasteiger partial charge on any atom is 0.328 e. The van der Waals surface area contributed by atoms with E-state index >= 15 is 0 Å². The smallest absolute Gasteiger partial charge is 0.328 e. The van der Waals surface area contributed by atoms with Gasteiger partial charge in [-0.05, 0) is 59.6 Å². The van der Waals surface area contributed by atoms with E-state index in [0.29, 0.717) is 12.0 Å². The van der Waals surface area contributed by atoms with Crippen molar-refractivity contribution >= 4 is 41.7 Å². The van der Waals surface area contributed by atoms with Crippen molar-refractivity contribution in [1.82, 2.24) is 15.6 Å². The first-order valence-electron chi connectivity index (χ1n) is 9.72. The Morgan fingerprint density at radius 1 is 1.32 bits per heavy atom. The fourth-order valence-corrected chi connectivity index (χ4v) is 2.99. The molecule has 28 heavy (non-hydrogen) atoms. The zero-order chi connectivity index (χ0) is 19.9. The molecule has 0 atom stereocenters. The topological polar surface area (TPSA) is 78.8 Å². The molecule has 0 aliphatic carbocycles. The Kier molecular flexibility index (Phi) is 9.98. The molecule has 0 bridgehead atoms. The van der Waals surface area contributed by atoms with Gasteiger partial charge >= 0.3 is 5.97 Å². The predicted octanol–water partition coefficient (Wildman–Crippen LogP) is 2.87. The maximum atomic E-state index is 11.9. The minimum atomic E-state index is -0.491. The van der Waals surface area contributed by atoms with Crippen molar-refractivity contribution in [1.29, 1.82) is 0 Å². The Morgan fingerprint density at radius 2 is 2.00 bits per heavy atom. The van der Waals surface area contributed by atoms with E-state index in [2.05, 4.69) is 37.6 Å². The summed E-state index contributed by atoms with van der Waals surface area (Å²) in [5.74, 6) is 1.38. The zero-order valence-corrected chi connectivity index (χ0v) is 19.9. The van der Waals surface area contributed by atoms with Crippen LogP contribution in [0.4, 0.5) is 5.82 Å². The van der Waals surface area contributed by atoms with Crippen LogP contribution in [0.2, 0.25) is 0 Å². The molecular weight excluding hydrogens is 469 g/mol. The van der Waals surface area contributed by atoms with E-state index in [4.69, 9.17) is 4.74 Å². The van der Waals surface area contributed by atoms with Gasteiger partial charge in [-0.25, -0.2) is 9.98 Å². The Bertz CT molecular complexity index is 652. The van der Waals surface area contributed by atoms with Crippen molar-refractivity contribution < 1.29 is 9.53 Å². The van der Waals surface area contributed by atoms with E-state index in [-0.39, 0.29) is 36.5 Å². The van der Waals surface area contributed by atoms with Gasteiger partial charge in [0.05, 0.1) is 0 Å². The molecule has 0 unspecified atom stereocenters. The van der Waals surface area contributed by atoms with E-state index in [1.165, 1.54) is 0 Å². The highest BCUT2D eigenvalue weighted by Gasteiger charge is 2.21. The molecule has 0 spiro atoms. The highest BCUT2D eigenvalue weighted by atomic mass is 127. The molecule has 0 radical (unpaired) electrons. The van der Waals surface area contributed by atoms with Gasteiger partial charge in [0, 0.05) is 31.4 Å². The Balaban J connectivity index is 0.00000392. The van der Waals surface area contributed by atoms with Crippen LogP contribution in [0.3, 0.4) is 0 Å². The summed E-state index contributed by atoms with van der Waals surface area (Å²) in [6, 6.07) is 6.45. The number of ether oxygens (including phenoxy) is 1. The molecule has 1 aliphatic rings. The number of aliphatic imine (C=N–C) groups is 1. The van der Waals surface area contributed by atoms with Crippen LogP contribution >= 0.6 is 24.0 Å². The quantitative estimate of drug-likeness (QED) is 0.279. The molecule has 0 aromatic carbocycles. The van der Waals surface area contributed by atoms with Gasteiger partial charge in [0.15, 0.2) is 5.96 Å². The van der Waals surface area contributed by atoms with Crippen LogP contribution in [0.15, 0.2) is 23.2 Å². The lowest BCUT2D eigenvalue weighted by molar-refractivity contribution is -0.152. The van der Waals surface area contributed by atoms with Crippen molar-refractivity contribution in [3.8, 4) is 0 Å². The van der Waals surface area contributed by atoms with Gasteiger partial charge in [-0.2, -0.15) is 0 Å². The third-order valence-corrected chi connectivity index (χ3v) is 4.16. The summed E-state index contributed by atoms with van der Waals surface area (Å²) in [5, 5.41) is 6.65. The van der Waals surface area contributed by atoms with Crippen molar-refractivity contribution in [3.63, 3.8) is 0 Å². The summed E-state index contributed by atoms with van der Waals surface area (Å²) in [7, 11) is 0. The Hall–Kier alpha value is -1.58. The second kappa shape index (κ2) is 11.4. The van der Waals surface area contributed by atoms with Crippen molar-refractivity contribution in [2.45, 2.75) is 59.1 Å². The fraction of sp³-hybridized carbons (Fsp3) is 0.650. The van der Waals surface area contributed by atoms with E-state index in [9.17, 15) is 4.79 Å². The molecule has 2 N–H and O–H groups in total. The van der Waals surface area contributed by atoms with Gasteiger partial charge in [-0.1, -0.05) is 6.07 Å². The van der Waals surface area contributed by atoms with E-state index < -0.39 is 5.60 Å². The first-order chi connectivity index (χ1) is 12.8. The monoisotopic (exact) mass is 503 g/mol. The standard InChI is InChI=1S/C20H33N5O2.HI/c1-6-21-19(22-14-18(26)27-20(3,4)5)24-16-10-12-25(13-11-16)17-9-7-8-15(2)23-17;/h7-9,16H,6,10-14H2,1-5H3,(H2,21,22,24);1H. The molecular formula is C20H34IN5O2. The first kappa shape index (κ1) is 24.5. The SMILES string of the molecule is CCNC(=NCC(=O)OC(C)(C)C)NC1CCN(c2cccc(C)n2)CC1.I. The van der Waals surface area contributed by atoms with Crippen molar-refractivity contribution in [2.75, 3.05) is 31.1 Å². The molecule has 1 aromatic heterocycles. The van der Waals surface area contributed by atoms with Gasteiger partial charge in [0.2, 0.25) is 0 Å². The third kappa shape index (κ3) is 8.62. The minimum Gasteiger partial charge on any atom is -0.459 e. The number of guanidine groups is 1. The Morgan fingerprint density at radius 3 is 2.57 bits per heavy atom. The second-order valence-corrected chi connectivity index (χ2v) is 7.82. The number of nitrogens with one attached hydrogen (secondary N) is 2. The molecule has 2 heterocycles. The molecule has 0 saturated carbocycles. The summed E-state index contributed by atoms with van der Waals surface area (Å²) in [6.45, 7) is 12.2. The van der Waals surface area contributed by atoms with Crippen molar-refractivity contribution in [2.24, 2.45) is 4.99 Å². The number of pyridine rings is 1. The summed E-state index contributed by atoms with van der Waals surface area (Å²) in [5.41, 5.74) is 0.547. The molecule has 1 saturated heterocycles. The molecule has 7 nitrogen and oxygen atoms in total. The average molecular weight is 503 g/mol. The second-order valence-electron chi connectivity index (χ2n) is 7.82. The average Bonchev–Trinajstić information content (AvgIpc) is 2.59. The number of aromatic nitrogens is 1. The van der Waals surface area contributed by atoms with Crippen LogP contribution < -0.4 is 15.5 Å². The summed E-state index contributed by atoms with van der Waals surface area (Å²) in [4.78, 5) is 23.2. The zero-order valence-electron chi connectivity index (χ0n) is 17.6. The van der Waals surface area contributed by atoms with E-state index in [1.54, 1.807) is 0 Å². The van der Waals surface area contributed by atoms with Gasteiger partial charge in [0.1, 0.15) is 18.0 Å². The number of carbonyl (C=O) groups excluding carboxylic acids is 1. The van der Waals surface area contributed by atoms with Crippen LogP contribution in [0.1, 0.15) is 46.2 Å². The number of hydrogen-bond acceptors (Lipinski definition) is 5. The molecule has 1 aromatic rings. The minimum absolute atomic E-state index is 0. The summed E-state index contributed by atoms with van der Waals surface area (Å²) >= 11 is 0. The van der Waals surface area contributed by atoms with Crippen molar-refractivity contribution in [3.05, 3.63) is 23.9 Å². The highest BCUT2D eigenvalue weighted by molar-refractivity contribution is 14.0. The summed E-state index contributed by atoms with van der Waals surface area (Å²) < 4.78 is 5.31. The number of rotatable bonds is 5. The predicted molar refractivity (Wildman–Crippen MR) is 125 cm³/mol. The highest BCUT2D eigenvalue weighted by Crippen LogP contribution is 2.18. The maximum absolute atomic E-state index is 11.9.